The predicted molar refractivity (Wildman–Crippen MR) is 70.1 cm³/mol. The topological polar surface area (TPSA) is 26.0 Å². The first kappa shape index (κ1) is 12.2. The van der Waals surface area contributed by atoms with Crippen LogP contribution >= 0.6 is 23.2 Å². The average Bonchev–Trinajstić information content (AvgIpc) is 2.73. The molecule has 0 saturated heterocycles. The fraction of sp³-hybridized carbons (Fsp3) is 0.538. The van der Waals surface area contributed by atoms with Crippen molar-refractivity contribution in [2.45, 2.75) is 32.1 Å². The van der Waals surface area contributed by atoms with Gasteiger partial charge in [0.2, 0.25) is 0 Å². The first-order chi connectivity index (χ1) is 7.65. The summed E-state index contributed by atoms with van der Waals surface area (Å²) in [5, 5.41) is 1.56. The minimum atomic E-state index is 0.258. The minimum Gasteiger partial charge on any atom is -0.330 e. The predicted octanol–water partition coefficient (Wildman–Crippen LogP) is 4.06. The molecule has 0 heterocycles. The van der Waals surface area contributed by atoms with Gasteiger partial charge in [0.25, 0.3) is 0 Å². The molecule has 1 aromatic carbocycles. The Morgan fingerprint density at radius 2 is 1.88 bits per heavy atom. The summed E-state index contributed by atoms with van der Waals surface area (Å²) in [6.45, 7) is 0.746. The van der Waals surface area contributed by atoms with Crippen LogP contribution in [0.3, 0.4) is 0 Å². The van der Waals surface area contributed by atoms with Crippen molar-refractivity contribution >= 4 is 23.2 Å². The van der Waals surface area contributed by atoms with Gasteiger partial charge in [-0.2, -0.15) is 0 Å². The van der Waals surface area contributed by atoms with Crippen molar-refractivity contribution in [2.75, 3.05) is 6.54 Å². The fourth-order valence-corrected chi connectivity index (χ4v) is 3.04. The van der Waals surface area contributed by atoms with Crippen LogP contribution in [0.2, 0.25) is 10.0 Å². The SMILES string of the molecule is NCC1(Cc2cc(Cl)ccc2Cl)CCCC1. The van der Waals surface area contributed by atoms with E-state index in [1.807, 2.05) is 18.2 Å². The first-order valence-electron chi connectivity index (χ1n) is 5.79. The molecule has 0 spiro atoms. The zero-order chi connectivity index (χ0) is 11.6. The fourth-order valence-electron chi connectivity index (χ4n) is 2.66. The van der Waals surface area contributed by atoms with E-state index in [0.29, 0.717) is 0 Å². The Kier molecular flexibility index (Phi) is 3.78. The molecule has 0 aliphatic heterocycles. The van der Waals surface area contributed by atoms with Gasteiger partial charge in [-0.25, -0.2) is 0 Å². The van der Waals surface area contributed by atoms with Crippen molar-refractivity contribution in [3.05, 3.63) is 33.8 Å². The summed E-state index contributed by atoms with van der Waals surface area (Å²) < 4.78 is 0. The summed E-state index contributed by atoms with van der Waals surface area (Å²) in [4.78, 5) is 0. The molecule has 0 unspecified atom stereocenters. The van der Waals surface area contributed by atoms with E-state index in [4.69, 9.17) is 28.9 Å². The van der Waals surface area contributed by atoms with Gasteiger partial charge in [0.15, 0.2) is 0 Å². The highest BCUT2D eigenvalue weighted by atomic mass is 35.5. The molecule has 1 aliphatic rings. The number of nitrogens with two attached hydrogens (primary N) is 1. The third-order valence-corrected chi connectivity index (χ3v) is 4.27. The molecule has 3 heteroatoms. The first-order valence-corrected chi connectivity index (χ1v) is 6.55. The van der Waals surface area contributed by atoms with Crippen LogP contribution in [0.15, 0.2) is 18.2 Å². The number of hydrogen-bond donors (Lipinski definition) is 1. The van der Waals surface area contributed by atoms with Gasteiger partial charge in [-0.05, 0) is 55.0 Å². The van der Waals surface area contributed by atoms with Crippen LogP contribution in [0.1, 0.15) is 31.2 Å². The molecule has 1 saturated carbocycles. The molecule has 0 radical (unpaired) electrons. The Morgan fingerprint density at radius 3 is 2.50 bits per heavy atom. The second kappa shape index (κ2) is 4.95. The summed E-state index contributed by atoms with van der Waals surface area (Å²) in [6, 6.07) is 5.68. The lowest BCUT2D eigenvalue weighted by molar-refractivity contribution is 0.306. The molecule has 16 heavy (non-hydrogen) atoms. The zero-order valence-corrected chi connectivity index (χ0v) is 10.8. The number of halogens is 2. The molecule has 88 valence electrons. The van der Waals surface area contributed by atoms with Gasteiger partial charge < -0.3 is 5.73 Å². The third-order valence-electron chi connectivity index (χ3n) is 3.67. The Hall–Kier alpha value is -0.240. The Bertz CT molecular complexity index is 370. The highest BCUT2D eigenvalue weighted by molar-refractivity contribution is 6.33. The van der Waals surface area contributed by atoms with E-state index < -0.39 is 0 Å². The lowest BCUT2D eigenvalue weighted by Crippen LogP contribution is -2.29. The van der Waals surface area contributed by atoms with Gasteiger partial charge in [-0.1, -0.05) is 36.0 Å². The van der Waals surface area contributed by atoms with Gasteiger partial charge in [0, 0.05) is 10.0 Å². The molecule has 0 amide bonds. The maximum Gasteiger partial charge on any atom is 0.0439 e. The smallest absolute Gasteiger partial charge is 0.0439 e. The molecule has 1 aliphatic carbocycles. The standard InChI is InChI=1S/C13H17Cl2N/c14-11-3-4-12(15)10(7-11)8-13(9-16)5-1-2-6-13/h3-4,7H,1-2,5-6,8-9,16H2. The van der Waals surface area contributed by atoms with Crippen molar-refractivity contribution in [1.82, 2.24) is 0 Å². The highest BCUT2D eigenvalue weighted by Gasteiger charge is 2.33. The van der Waals surface area contributed by atoms with Crippen LogP contribution in [-0.2, 0) is 6.42 Å². The quantitative estimate of drug-likeness (QED) is 0.869. The lowest BCUT2D eigenvalue weighted by atomic mass is 9.80. The van der Waals surface area contributed by atoms with Gasteiger partial charge in [-0.3, -0.25) is 0 Å². The van der Waals surface area contributed by atoms with E-state index in [1.165, 1.54) is 25.7 Å². The summed E-state index contributed by atoms with van der Waals surface area (Å²) in [7, 11) is 0. The highest BCUT2D eigenvalue weighted by Crippen LogP contribution is 2.41. The van der Waals surface area contributed by atoms with Crippen LogP contribution in [0.25, 0.3) is 0 Å². The molecule has 0 atom stereocenters. The summed E-state index contributed by atoms with van der Waals surface area (Å²) in [5.41, 5.74) is 7.33. The molecule has 2 rings (SSSR count). The summed E-state index contributed by atoms with van der Waals surface area (Å²) in [6.07, 6.45) is 5.96. The Balaban J connectivity index is 2.21. The van der Waals surface area contributed by atoms with Crippen LogP contribution in [-0.4, -0.2) is 6.54 Å². The van der Waals surface area contributed by atoms with Crippen molar-refractivity contribution in [3.63, 3.8) is 0 Å². The maximum absolute atomic E-state index is 6.19. The van der Waals surface area contributed by atoms with E-state index in [9.17, 15) is 0 Å². The molecule has 1 aromatic rings. The van der Waals surface area contributed by atoms with Gasteiger partial charge in [0.1, 0.15) is 0 Å². The molecule has 1 nitrogen and oxygen atoms in total. The molecule has 1 fully saturated rings. The summed E-state index contributed by atoms with van der Waals surface area (Å²) in [5.74, 6) is 0. The Morgan fingerprint density at radius 1 is 1.19 bits per heavy atom. The van der Waals surface area contributed by atoms with E-state index in [-0.39, 0.29) is 5.41 Å². The average molecular weight is 258 g/mol. The zero-order valence-electron chi connectivity index (χ0n) is 9.31. The van der Waals surface area contributed by atoms with Crippen molar-refractivity contribution < 1.29 is 0 Å². The van der Waals surface area contributed by atoms with E-state index >= 15 is 0 Å². The van der Waals surface area contributed by atoms with Crippen molar-refractivity contribution in [2.24, 2.45) is 11.1 Å². The largest absolute Gasteiger partial charge is 0.330 e. The maximum atomic E-state index is 6.19. The van der Waals surface area contributed by atoms with E-state index in [2.05, 4.69) is 0 Å². The second-order valence-electron chi connectivity index (χ2n) is 4.82. The van der Waals surface area contributed by atoms with E-state index in [0.717, 1.165) is 28.6 Å². The van der Waals surface area contributed by atoms with Gasteiger partial charge >= 0.3 is 0 Å². The Labute approximate surface area is 107 Å². The third kappa shape index (κ3) is 2.53. The minimum absolute atomic E-state index is 0.258. The van der Waals surface area contributed by atoms with E-state index in [1.54, 1.807) is 0 Å². The van der Waals surface area contributed by atoms with Crippen LogP contribution in [0, 0.1) is 5.41 Å². The van der Waals surface area contributed by atoms with Crippen molar-refractivity contribution in [1.29, 1.82) is 0 Å². The van der Waals surface area contributed by atoms with Gasteiger partial charge in [-0.15, -0.1) is 0 Å². The second-order valence-corrected chi connectivity index (χ2v) is 5.67. The van der Waals surface area contributed by atoms with Crippen LogP contribution < -0.4 is 5.73 Å². The van der Waals surface area contributed by atoms with Crippen molar-refractivity contribution in [3.8, 4) is 0 Å². The molecule has 2 N–H and O–H groups in total. The van der Waals surface area contributed by atoms with Crippen LogP contribution in [0.5, 0.6) is 0 Å². The number of rotatable bonds is 3. The monoisotopic (exact) mass is 257 g/mol. The van der Waals surface area contributed by atoms with Crippen LogP contribution in [0.4, 0.5) is 0 Å². The number of hydrogen-bond acceptors (Lipinski definition) is 1. The molecular weight excluding hydrogens is 241 g/mol. The molecular formula is C13H17Cl2N. The molecule has 0 aromatic heterocycles. The normalized spacial score (nSPS) is 18.9. The van der Waals surface area contributed by atoms with Gasteiger partial charge in [0.05, 0.1) is 0 Å². The number of benzene rings is 1. The molecule has 0 bridgehead atoms. The summed E-state index contributed by atoms with van der Waals surface area (Å²) >= 11 is 12.2. The lowest BCUT2D eigenvalue weighted by Gasteiger charge is -2.27.